The summed E-state index contributed by atoms with van der Waals surface area (Å²) in [6.07, 6.45) is 1.77. The highest BCUT2D eigenvalue weighted by atomic mass is 19.1. The second-order valence-corrected chi connectivity index (χ2v) is 5.41. The predicted octanol–water partition coefficient (Wildman–Crippen LogP) is 3.28. The highest BCUT2D eigenvalue weighted by molar-refractivity contribution is 5.97. The van der Waals surface area contributed by atoms with Gasteiger partial charge in [-0.25, -0.2) is 4.39 Å². The van der Waals surface area contributed by atoms with Crippen LogP contribution in [-0.2, 0) is 6.42 Å². The maximum Gasteiger partial charge on any atom is 0.179 e. The Balaban J connectivity index is 1.78. The normalized spacial score (nSPS) is 10.9. The lowest BCUT2D eigenvalue weighted by molar-refractivity contribution is 0.0942. The van der Waals surface area contributed by atoms with Crippen LogP contribution < -0.4 is 0 Å². The number of benzene rings is 2. The summed E-state index contributed by atoms with van der Waals surface area (Å²) in [5.41, 5.74) is 1.29. The predicted molar refractivity (Wildman–Crippen MR) is 84.7 cm³/mol. The Hall–Kier alpha value is -2.20. The topological polar surface area (TPSA) is 40.5 Å². The molecule has 0 heterocycles. The minimum Gasteiger partial charge on any atom is -0.508 e. The van der Waals surface area contributed by atoms with E-state index in [0.717, 1.165) is 24.9 Å². The molecule has 1 N–H and O–H groups in total. The number of aryl methyl sites for hydroxylation is 1. The van der Waals surface area contributed by atoms with Crippen LogP contribution in [0.3, 0.4) is 0 Å². The number of carbonyl (C=O) groups is 1. The van der Waals surface area contributed by atoms with Crippen LogP contribution in [0.2, 0.25) is 0 Å². The molecule has 0 aliphatic rings. The number of halogens is 1. The number of rotatable bonds is 7. The minimum atomic E-state index is -0.468. The van der Waals surface area contributed by atoms with Crippen LogP contribution in [0.15, 0.2) is 48.5 Å². The van der Waals surface area contributed by atoms with E-state index < -0.39 is 5.82 Å². The van der Waals surface area contributed by atoms with Crippen LogP contribution >= 0.6 is 0 Å². The first-order valence-electron chi connectivity index (χ1n) is 7.30. The largest absolute Gasteiger partial charge is 0.508 e. The van der Waals surface area contributed by atoms with E-state index in [0.29, 0.717) is 0 Å². The van der Waals surface area contributed by atoms with Gasteiger partial charge in [0, 0.05) is 0 Å². The molecule has 116 valence electrons. The number of ketones is 1. The zero-order chi connectivity index (χ0) is 15.9. The van der Waals surface area contributed by atoms with Gasteiger partial charge in [-0.3, -0.25) is 9.69 Å². The third-order valence-electron chi connectivity index (χ3n) is 3.53. The summed E-state index contributed by atoms with van der Waals surface area (Å²) in [6.45, 7) is 0.956. The number of Topliss-reactive ketones (excluding diaryl/α,β-unsaturated/α-hetero) is 1. The van der Waals surface area contributed by atoms with Crippen LogP contribution in [0.1, 0.15) is 22.3 Å². The zero-order valence-corrected chi connectivity index (χ0v) is 12.6. The van der Waals surface area contributed by atoms with Gasteiger partial charge in [-0.05, 0) is 56.3 Å². The molecule has 0 fully saturated rings. The molecule has 2 aromatic rings. The molecule has 0 aliphatic heterocycles. The number of aromatic hydroxyl groups is 1. The lowest BCUT2D eigenvalue weighted by Gasteiger charge is -2.15. The Morgan fingerprint density at radius 2 is 1.82 bits per heavy atom. The van der Waals surface area contributed by atoms with Crippen LogP contribution in [-0.4, -0.2) is 35.9 Å². The van der Waals surface area contributed by atoms with Gasteiger partial charge in [-0.1, -0.05) is 24.3 Å². The second-order valence-electron chi connectivity index (χ2n) is 5.41. The van der Waals surface area contributed by atoms with E-state index in [1.165, 1.54) is 12.1 Å². The summed E-state index contributed by atoms with van der Waals surface area (Å²) in [5.74, 6) is -0.411. The van der Waals surface area contributed by atoms with E-state index in [1.54, 1.807) is 24.3 Å². The summed E-state index contributed by atoms with van der Waals surface area (Å²) in [5, 5.41) is 9.22. The molecule has 4 heteroatoms. The van der Waals surface area contributed by atoms with Gasteiger partial charge in [0.15, 0.2) is 5.78 Å². The number of likely N-dealkylation sites (N-methyl/N-ethyl adjacent to an activating group) is 1. The van der Waals surface area contributed by atoms with E-state index in [1.807, 2.05) is 24.1 Å². The highest BCUT2D eigenvalue weighted by Crippen LogP contribution is 2.12. The lowest BCUT2D eigenvalue weighted by atomic mass is 10.1. The Bertz CT molecular complexity index is 625. The van der Waals surface area contributed by atoms with Gasteiger partial charge in [0.1, 0.15) is 11.6 Å². The molecule has 0 aromatic heterocycles. The van der Waals surface area contributed by atoms with Crippen molar-refractivity contribution in [2.45, 2.75) is 12.8 Å². The average molecular weight is 301 g/mol. The zero-order valence-electron chi connectivity index (χ0n) is 12.6. The first kappa shape index (κ1) is 16.2. The van der Waals surface area contributed by atoms with Crippen molar-refractivity contribution >= 4 is 5.78 Å². The smallest absolute Gasteiger partial charge is 0.179 e. The maximum absolute atomic E-state index is 13.5. The van der Waals surface area contributed by atoms with Gasteiger partial charge in [0.05, 0.1) is 12.1 Å². The van der Waals surface area contributed by atoms with Crippen molar-refractivity contribution < 1.29 is 14.3 Å². The third-order valence-corrected chi connectivity index (χ3v) is 3.53. The van der Waals surface area contributed by atoms with Crippen LogP contribution in [0.5, 0.6) is 5.75 Å². The van der Waals surface area contributed by atoms with Gasteiger partial charge in [-0.2, -0.15) is 0 Å². The molecule has 0 bridgehead atoms. The molecular weight excluding hydrogens is 281 g/mol. The minimum absolute atomic E-state index is 0.146. The summed E-state index contributed by atoms with van der Waals surface area (Å²) in [4.78, 5) is 13.9. The second kappa shape index (κ2) is 7.71. The number of hydrogen-bond donors (Lipinski definition) is 1. The molecule has 0 radical (unpaired) electrons. The first-order chi connectivity index (χ1) is 10.6. The molecule has 2 rings (SSSR count). The van der Waals surface area contributed by atoms with Crippen molar-refractivity contribution in [3.63, 3.8) is 0 Å². The number of hydrogen-bond acceptors (Lipinski definition) is 3. The van der Waals surface area contributed by atoms with Crippen molar-refractivity contribution in [3.05, 3.63) is 65.5 Å². The van der Waals surface area contributed by atoms with Crippen molar-refractivity contribution in [3.8, 4) is 5.75 Å². The Morgan fingerprint density at radius 1 is 1.14 bits per heavy atom. The Kier molecular flexibility index (Phi) is 5.67. The van der Waals surface area contributed by atoms with Crippen LogP contribution in [0.4, 0.5) is 4.39 Å². The summed E-state index contributed by atoms with van der Waals surface area (Å²) < 4.78 is 13.5. The molecule has 0 spiro atoms. The first-order valence-corrected chi connectivity index (χ1v) is 7.30. The van der Waals surface area contributed by atoms with Gasteiger partial charge in [-0.15, -0.1) is 0 Å². The molecule has 0 atom stereocenters. The fourth-order valence-corrected chi connectivity index (χ4v) is 2.31. The molecular formula is C18H20FNO2. The summed E-state index contributed by atoms with van der Waals surface area (Å²) in [7, 11) is 1.86. The van der Waals surface area contributed by atoms with Gasteiger partial charge < -0.3 is 5.11 Å². The quantitative estimate of drug-likeness (QED) is 0.798. The fourth-order valence-electron chi connectivity index (χ4n) is 2.31. The van der Waals surface area contributed by atoms with Gasteiger partial charge in [0.2, 0.25) is 0 Å². The van der Waals surface area contributed by atoms with Crippen LogP contribution in [0, 0.1) is 5.82 Å². The van der Waals surface area contributed by atoms with E-state index >= 15 is 0 Å². The van der Waals surface area contributed by atoms with Crippen molar-refractivity contribution in [1.29, 1.82) is 0 Å². The summed E-state index contributed by atoms with van der Waals surface area (Å²) in [6, 6.07) is 13.2. The fraction of sp³-hybridized carbons (Fsp3) is 0.278. The van der Waals surface area contributed by atoms with E-state index in [9.17, 15) is 14.3 Å². The molecule has 0 unspecified atom stereocenters. The molecule has 22 heavy (non-hydrogen) atoms. The monoisotopic (exact) mass is 301 g/mol. The van der Waals surface area contributed by atoms with E-state index in [4.69, 9.17) is 0 Å². The van der Waals surface area contributed by atoms with E-state index in [2.05, 4.69) is 0 Å². The molecule has 0 saturated carbocycles. The van der Waals surface area contributed by atoms with Crippen molar-refractivity contribution in [1.82, 2.24) is 4.90 Å². The average Bonchev–Trinajstić information content (AvgIpc) is 2.49. The maximum atomic E-state index is 13.5. The SMILES string of the molecule is CN(CCCc1ccc(O)cc1)CC(=O)c1ccccc1F. The number of carbonyl (C=O) groups excluding carboxylic acids is 1. The lowest BCUT2D eigenvalue weighted by Crippen LogP contribution is -2.27. The van der Waals surface area contributed by atoms with Gasteiger partial charge in [0.25, 0.3) is 0 Å². The molecule has 3 nitrogen and oxygen atoms in total. The number of nitrogens with zero attached hydrogens (tertiary/aromatic N) is 1. The molecule has 0 amide bonds. The third kappa shape index (κ3) is 4.67. The Labute approximate surface area is 130 Å². The number of phenols is 1. The van der Waals surface area contributed by atoms with Crippen molar-refractivity contribution in [2.75, 3.05) is 20.1 Å². The molecule has 2 aromatic carbocycles. The Morgan fingerprint density at radius 3 is 2.50 bits per heavy atom. The van der Waals surface area contributed by atoms with Crippen LogP contribution in [0.25, 0.3) is 0 Å². The molecule has 0 aliphatic carbocycles. The van der Waals surface area contributed by atoms with Gasteiger partial charge >= 0.3 is 0 Å². The number of phenolic OH excluding ortho intramolecular Hbond substituents is 1. The van der Waals surface area contributed by atoms with E-state index in [-0.39, 0.29) is 23.6 Å². The standard InChI is InChI=1S/C18H20FNO2/c1-20(12-4-5-14-8-10-15(21)11-9-14)13-18(22)16-6-2-3-7-17(16)19/h2-3,6-11,21H,4-5,12-13H2,1H3. The van der Waals surface area contributed by atoms with Crippen molar-refractivity contribution in [2.24, 2.45) is 0 Å². The molecule has 0 saturated heterocycles. The highest BCUT2D eigenvalue weighted by Gasteiger charge is 2.12. The summed E-state index contributed by atoms with van der Waals surface area (Å²) >= 11 is 0.